The molecule has 0 aliphatic carbocycles. The van der Waals surface area contributed by atoms with Crippen LogP contribution in [-0.4, -0.2) is 11.8 Å². The van der Waals surface area contributed by atoms with Crippen molar-refractivity contribution >= 4 is 11.8 Å². The van der Waals surface area contributed by atoms with Gasteiger partial charge in [0.2, 0.25) is 0 Å². The van der Waals surface area contributed by atoms with Gasteiger partial charge in [0.05, 0.1) is 11.8 Å². The van der Waals surface area contributed by atoms with E-state index in [1.54, 1.807) is 12.1 Å². The van der Waals surface area contributed by atoms with Crippen LogP contribution in [0.5, 0.6) is 11.5 Å². The van der Waals surface area contributed by atoms with Gasteiger partial charge in [-0.2, -0.15) is 0 Å². The fourth-order valence-corrected chi connectivity index (χ4v) is 1.90. The van der Waals surface area contributed by atoms with Gasteiger partial charge in [0.1, 0.15) is 0 Å². The summed E-state index contributed by atoms with van der Waals surface area (Å²) < 4.78 is 10.6. The van der Waals surface area contributed by atoms with E-state index in [4.69, 9.17) is 9.47 Å². The van der Waals surface area contributed by atoms with E-state index in [0.717, 1.165) is 11.6 Å². The summed E-state index contributed by atoms with van der Waals surface area (Å²) in [6.07, 6.45) is 2.40. The van der Waals surface area contributed by atoms with Crippen molar-refractivity contribution in [3.63, 3.8) is 0 Å². The number of carbonyl (C=O) groups is 2. The highest BCUT2D eigenvalue weighted by Gasteiger charge is 2.26. The first-order chi connectivity index (χ1) is 9.72. The minimum absolute atomic E-state index is 0.0970. The van der Waals surface area contributed by atoms with Crippen molar-refractivity contribution in [3.05, 3.63) is 48.8 Å². The van der Waals surface area contributed by atoms with Crippen LogP contribution in [-0.2, 0) is 10.2 Å². The molecule has 0 N–H and O–H groups in total. The van der Waals surface area contributed by atoms with Crippen LogP contribution in [0.4, 0.5) is 0 Å². The molecule has 0 saturated heterocycles. The number of esters is 1. The first-order valence-corrected chi connectivity index (χ1v) is 6.52. The average molecular weight is 288 g/mol. The molecule has 4 heteroatoms. The largest absolute Gasteiger partial charge is 0.461 e. The third-order valence-electron chi connectivity index (χ3n) is 2.82. The van der Waals surface area contributed by atoms with E-state index in [0.29, 0.717) is 5.75 Å². The zero-order valence-electron chi connectivity index (χ0n) is 12.9. The normalized spacial score (nSPS) is 10.7. The molecule has 0 bridgehead atoms. The smallest absolute Gasteiger partial charge is 0.308 e. The van der Waals surface area contributed by atoms with Crippen molar-refractivity contribution < 1.29 is 19.1 Å². The molecule has 0 unspecified atom stereocenters. The third-order valence-corrected chi connectivity index (χ3v) is 2.82. The summed E-state index contributed by atoms with van der Waals surface area (Å²) in [6.45, 7) is 14.2. The van der Waals surface area contributed by atoms with Crippen LogP contribution in [0.25, 0.3) is 0 Å². The predicted molar refractivity (Wildman–Crippen MR) is 81.8 cm³/mol. The zero-order valence-corrected chi connectivity index (χ0v) is 12.9. The molecule has 21 heavy (non-hydrogen) atoms. The Bertz CT molecular complexity index is 592. The molecular formula is C17H20O4. The van der Waals surface area contributed by atoms with Crippen molar-refractivity contribution in [2.45, 2.75) is 33.1 Å². The van der Waals surface area contributed by atoms with E-state index in [2.05, 4.69) is 13.2 Å². The molecule has 4 nitrogen and oxygen atoms in total. The fourth-order valence-electron chi connectivity index (χ4n) is 1.90. The lowest BCUT2D eigenvalue weighted by molar-refractivity contribution is -0.132. The lowest BCUT2D eigenvalue weighted by atomic mass is 9.85. The van der Waals surface area contributed by atoms with Crippen molar-refractivity contribution in [2.24, 2.45) is 0 Å². The Hall–Kier alpha value is -2.36. The van der Waals surface area contributed by atoms with Crippen LogP contribution in [0, 0.1) is 0 Å². The molecule has 0 spiro atoms. The summed E-state index contributed by atoms with van der Waals surface area (Å²) in [6, 6.07) is 3.39. The molecule has 0 amide bonds. The minimum atomic E-state index is -0.534. The number of ether oxygens (including phenoxy) is 2. The van der Waals surface area contributed by atoms with Crippen molar-refractivity contribution in [3.8, 4) is 11.5 Å². The third kappa shape index (κ3) is 3.81. The SMILES string of the molecule is C=COc1c(C(C)(C)C)ccc(C(=O)C=C)c1OC(C)=O. The quantitative estimate of drug-likeness (QED) is 0.272. The highest BCUT2D eigenvalue weighted by Crippen LogP contribution is 2.41. The highest BCUT2D eigenvalue weighted by atomic mass is 16.6. The second-order valence-electron chi connectivity index (χ2n) is 5.52. The van der Waals surface area contributed by atoms with E-state index in [9.17, 15) is 9.59 Å². The monoisotopic (exact) mass is 288 g/mol. The van der Waals surface area contributed by atoms with E-state index in [-0.39, 0.29) is 22.5 Å². The highest BCUT2D eigenvalue weighted by molar-refractivity contribution is 6.07. The Morgan fingerprint density at radius 3 is 2.19 bits per heavy atom. The van der Waals surface area contributed by atoms with Crippen molar-refractivity contribution in [1.29, 1.82) is 0 Å². The Labute approximate surface area is 125 Å². The number of allylic oxidation sites excluding steroid dienone is 1. The maximum absolute atomic E-state index is 11.9. The number of benzene rings is 1. The number of carbonyl (C=O) groups excluding carboxylic acids is 2. The second kappa shape index (κ2) is 6.39. The molecule has 0 aromatic heterocycles. The second-order valence-corrected chi connectivity index (χ2v) is 5.52. The molecule has 0 fully saturated rings. The topological polar surface area (TPSA) is 52.6 Å². The molecule has 0 aliphatic heterocycles. The number of hydrogen-bond donors (Lipinski definition) is 0. The summed E-state index contributed by atoms with van der Waals surface area (Å²) in [5.74, 6) is -0.464. The van der Waals surface area contributed by atoms with E-state index in [1.165, 1.54) is 13.2 Å². The average Bonchev–Trinajstić information content (AvgIpc) is 2.37. The van der Waals surface area contributed by atoms with Gasteiger partial charge in [0, 0.05) is 12.5 Å². The predicted octanol–water partition coefficient (Wildman–Crippen LogP) is 3.80. The number of rotatable bonds is 5. The molecular weight excluding hydrogens is 268 g/mol. The van der Waals surface area contributed by atoms with Gasteiger partial charge in [-0.1, -0.05) is 40.0 Å². The molecule has 0 saturated carbocycles. The van der Waals surface area contributed by atoms with Gasteiger partial charge >= 0.3 is 5.97 Å². The zero-order chi connectivity index (χ0) is 16.2. The van der Waals surface area contributed by atoms with Crippen molar-refractivity contribution in [1.82, 2.24) is 0 Å². The summed E-state index contributed by atoms with van der Waals surface area (Å²) in [5.41, 5.74) is 0.771. The Morgan fingerprint density at radius 1 is 1.14 bits per heavy atom. The van der Waals surface area contributed by atoms with Gasteiger partial charge in [-0.15, -0.1) is 0 Å². The summed E-state index contributed by atoms with van der Waals surface area (Å²) >= 11 is 0. The number of ketones is 1. The van der Waals surface area contributed by atoms with Gasteiger partial charge in [-0.05, 0) is 17.6 Å². The van der Waals surface area contributed by atoms with Crippen molar-refractivity contribution in [2.75, 3.05) is 0 Å². The molecule has 1 rings (SSSR count). The van der Waals surface area contributed by atoms with Gasteiger partial charge in [-0.25, -0.2) is 0 Å². The summed E-state index contributed by atoms with van der Waals surface area (Å²) in [5, 5.41) is 0. The maximum atomic E-state index is 11.9. The molecule has 1 aromatic carbocycles. The van der Waals surface area contributed by atoms with Crippen LogP contribution < -0.4 is 9.47 Å². The summed E-state index contributed by atoms with van der Waals surface area (Å²) in [4.78, 5) is 23.3. The fraction of sp³-hybridized carbons (Fsp3) is 0.294. The first-order valence-electron chi connectivity index (χ1n) is 6.52. The maximum Gasteiger partial charge on any atom is 0.308 e. The van der Waals surface area contributed by atoms with E-state index < -0.39 is 5.97 Å². The number of hydrogen-bond acceptors (Lipinski definition) is 4. The minimum Gasteiger partial charge on any atom is -0.461 e. The van der Waals surface area contributed by atoms with Crippen LogP contribution in [0.3, 0.4) is 0 Å². The van der Waals surface area contributed by atoms with Gasteiger partial charge in [-0.3, -0.25) is 9.59 Å². The molecule has 0 atom stereocenters. The lowest BCUT2D eigenvalue weighted by Crippen LogP contribution is -2.16. The van der Waals surface area contributed by atoms with Crippen LogP contribution >= 0.6 is 0 Å². The lowest BCUT2D eigenvalue weighted by Gasteiger charge is -2.24. The van der Waals surface area contributed by atoms with Crippen LogP contribution in [0.15, 0.2) is 37.6 Å². The molecule has 0 radical (unpaired) electrons. The summed E-state index contributed by atoms with van der Waals surface area (Å²) in [7, 11) is 0. The molecule has 1 aromatic rings. The van der Waals surface area contributed by atoms with Crippen LogP contribution in [0.2, 0.25) is 0 Å². The van der Waals surface area contributed by atoms with E-state index in [1.807, 2.05) is 20.8 Å². The molecule has 112 valence electrons. The van der Waals surface area contributed by atoms with E-state index >= 15 is 0 Å². The van der Waals surface area contributed by atoms with Crippen LogP contribution in [0.1, 0.15) is 43.6 Å². The Morgan fingerprint density at radius 2 is 1.76 bits per heavy atom. The Kier molecular flexibility index (Phi) is 5.08. The van der Waals surface area contributed by atoms with Gasteiger partial charge < -0.3 is 9.47 Å². The van der Waals surface area contributed by atoms with Gasteiger partial charge in [0.15, 0.2) is 17.3 Å². The Balaban J connectivity index is 3.68. The standard InChI is InChI=1S/C17H20O4/c1-7-14(19)12-9-10-13(17(4,5)6)16(20-8-2)15(12)21-11(3)18/h7-10H,1-2H2,3-6H3. The molecule has 0 aliphatic rings. The van der Waals surface area contributed by atoms with Gasteiger partial charge in [0.25, 0.3) is 0 Å². The molecule has 0 heterocycles. The first kappa shape index (κ1) is 16.7.